The number of aromatic nitrogens is 2. The van der Waals surface area contributed by atoms with E-state index in [1.165, 1.54) is 7.11 Å². The van der Waals surface area contributed by atoms with Gasteiger partial charge in [-0.15, -0.1) is 0 Å². The lowest BCUT2D eigenvalue weighted by Crippen LogP contribution is -2.11. The number of nitrogens with one attached hydrogen (secondary N) is 1. The second-order valence-electron chi connectivity index (χ2n) is 2.96. The fourth-order valence-corrected chi connectivity index (χ4v) is 1.39. The molecule has 0 saturated carbocycles. The number of hydrogen-bond acceptors (Lipinski definition) is 4. The van der Waals surface area contributed by atoms with Crippen LogP contribution in [0.15, 0.2) is 23.0 Å². The van der Waals surface area contributed by atoms with Gasteiger partial charge in [0.15, 0.2) is 0 Å². The molecule has 0 aliphatic rings. The summed E-state index contributed by atoms with van der Waals surface area (Å²) in [6.45, 7) is 0. The van der Waals surface area contributed by atoms with Crippen molar-refractivity contribution in [1.82, 2.24) is 9.97 Å². The normalized spacial score (nSPS) is 10.3. The highest BCUT2D eigenvalue weighted by Crippen LogP contribution is 2.24. The summed E-state index contributed by atoms with van der Waals surface area (Å²) in [7, 11) is 3.05. The maximum atomic E-state index is 11.1. The van der Waals surface area contributed by atoms with Crippen molar-refractivity contribution in [2.75, 3.05) is 14.2 Å². The predicted octanol–water partition coefficient (Wildman–Crippen LogP) is 0.940. The number of nitrogens with zero attached hydrogens (tertiary/aromatic N) is 1. The zero-order valence-electron chi connectivity index (χ0n) is 8.40. The van der Waals surface area contributed by atoms with Crippen molar-refractivity contribution in [3.05, 3.63) is 28.7 Å². The van der Waals surface area contributed by atoms with Crippen LogP contribution in [0, 0.1) is 0 Å². The number of fused-ring (bicyclic) bond motifs is 1. The lowest BCUT2D eigenvalue weighted by atomic mass is 10.2. The summed E-state index contributed by atoms with van der Waals surface area (Å²) in [5, 5.41) is 0.719. The highest BCUT2D eigenvalue weighted by Gasteiger charge is 2.05. The molecule has 0 spiro atoms. The molecule has 0 radical (unpaired) electrons. The van der Waals surface area contributed by atoms with Gasteiger partial charge in [0.05, 0.1) is 25.1 Å². The molecule has 1 N–H and O–H groups in total. The summed E-state index contributed by atoms with van der Waals surface area (Å²) in [5.41, 5.74) is 0.247. The van der Waals surface area contributed by atoms with Crippen molar-refractivity contribution in [2.24, 2.45) is 0 Å². The van der Waals surface area contributed by atoms with Crippen molar-refractivity contribution in [3.63, 3.8) is 0 Å². The molecule has 0 aliphatic heterocycles. The van der Waals surface area contributed by atoms with Crippen LogP contribution in [0.3, 0.4) is 0 Å². The van der Waals surface area contributed by atoms with E-state index in [2.05, 4.69) is 9.97 Å². The predicted molar refractivity (Wildman–Crippen MR) is 55.5 cm³/mol. The first-order valence-electron chi connectivity index (χ1n) is 4.36. The molecular formula is C10H10N2O3. The third-order valence-electron chi connectivity index (χ3n) is 2.10. The fraction of sp³-hybridized carbons (Fsp3) is 0.200. The Hall–Kier alpha value is -2.04. The smallest absolute Gasteiger partial charge is 0.348 e. The summed E-state index contributed by atoms with van der Waals surface area (Å²) in [6, 6.07) is 5.27. The minimum Gasteiger partial charge on any atom is -0.497 e. The SMILES string of the molecule is COc1ccc2[nH]c(=O)nc(OC)c2c1. The molecule has 0 unspecified atom stereocenters. The second-order valence-corrected chi connectivity index (χ2v) is 2.96. The van der Waals surface area contributed by atoms with Crippen LogP contribution in [-0.4, -0.2) is 24.2 Å². The first-order chi connectivity index (χ1) is 7.24. The first kappa shape index (κ1) is 9.51. The van der Waals surface area contributed by atoms with Gasteiger partial charge in [0.1, 0.15) is 5.75 Å². The van der Waals surface area contributed by atoms with Gasteiger partial charge in [0, 0.05) is 0 Å². The number of H-pyrrole nitrogens is 1. The number of hydrogen-bond donors (Lipinski definition) is 1. The van der Waals surface area contributed by atoms with E-state index in [0.29, 0.717) is 17.1 Å². The largest absolute Gasteiger partial charge is 0.497 e. The Balaban J connectivity index is 2.79. The van der Waals surface area contributed by atoms with E-state index < -0.39 is 5.69 Å². The molecule has 0 atom stereocenters. The zero-order valence-corrected chi connectivity index (χ0v) is 8.40. The molecule has 0 saturated heterocycles. The third-order valence-corrected chi connectivity index (χ3v) is 2.10. The molecule has 0 aliphatic carbocycles. The second kappa shape index (κ2) is 3.61. The number of rotatable bonds is 2. The molecule has 5 nitrogen and oxygen atoms in total. The van der Waals surface area contributed by atoms with Crippen LogP contribution in [0.4, 0.5) is 0 Å². The van der Waals surface area contributed by atoms with Gasteiger partial charge in [-0.05, 0) is 18.2 Å². The van der Waals surface area contributed by atoms with Crippen molar-refractivity contribution < 1.29 is 9.47 Å². The van der Waals surface area contributed by atoms with E-state index >= 15 is 0 Å². The molecule has 0 bridgehead atoms. The van der Waals surface area contributed by atoms with E-state index in [-0.39, 0.29) is 0 Å². The van der Waals surface area contributed by atoms with E-state index in [1.54, 1.807) is 25.3 Å². The molecule has 78 valence electrons. The Bertz CT molecular complexity index is 548. The molecule has 0 amide bonds. The Morgan fingerprint density at radius 2 is 2.07 bits per heavy atom. The molecule has 0 fully saturated rings. The summed E-state index contributed by atoms with van der Waals surface area (Å²) in [6.07, 6.45) is 0. The maximum absolute atomic E-state index is 11.1. The van der Waals surface area contributed by atoms with Gasteiger partial charge in [-0.1, -0.05) is 0 Å². The summed E-state index contributed by atoms with van der Waals surface area (Å²) in [4.78, 5) is 17.5. The van der Waals surface area contributed by atoms with E-state index in [0.717, 1.165) is 5.39 Å². The molecule has 1 aromatic heterocycles. The van der Waals surface area contributed by atoms with Gasteiger partial charge in [0.25, 0.3) is 0 Å². The van der Waals surface area contributed by atoms with Crippen LogP contribution in [0.1, 0.15) is 0 Å². The van der Waals surface area contributed by atoms with Crippen molar-refractivity contribution in [2.45, 2.75) is 0 Å². The lowest BCUT2D eigenvalue weighted by Gasteiger charge is -2.05. The minimum atomic E-state index is -0.426. The molecule has 2 rings (SSSR count). The highest BCUT2D eigenvalue weighted by molar-refractivity contribution is 5.84. The fourth-order valence-electron chi connectivity index (χ4n) is 1.39. The standard InChI is InChI=1S/C10H10N2O3/c1-14-6-3-4-8-7(5-6)9(15-2)12-10(13)11-8/h3-5H,1-2H3,(H,11,12,13). The Morgan fingerprint density at radius 1 is 1.27 bits per heavy atom. The summed E-state index contributed by atoms with van der Waals surface area (Å²) >= 11 is 0. The molecular weight excluding hydrogens is 196 g/mol. The Kier molecular flexibility index (Phi) is 2.29. The van der Waals surface area contributed by atoms with Gasteiger partial charge < -0.3 is 14.5 Å². The summed E-state index contributed by atoms with van der Waals surface area (Å²) in [5.74, 6) is 0.988. The molecule has 15 heavy (non-hydrogen) atoms. The average molecular weight is 206 g/mol. The summed E-state index contributed by atoms with van der Waals surface area (Å²) < 4.78 is 10.1. The molecule has 1 heterocycles. The van der Waals surface area contributed by atoms with Crippen LogP contribution in [0.25, 0.3) is 10.9 Å². The van der Waals surface area contributed by atoms with Crippen LogP contribution < -0.4 is 15.2 Å². The lowest BCUT2D eigenvalue weighted by molar-refractivity contribution is 0.399. The number of aromatic amines is 1. The Morgan fingerprint density at radius 3 is 2.73 bits per heavy atom. The number of ether oxygens (including phenoxy) is 2. The van der Waals surface area contributed by atoms with E-state index in [1.807, 2.05) is 0 Å². The number of methoxy groups -OCH3 is 2. The van der Waals surface area contributed by atoms with Crippen LogP contribution in [-0.2, 0) is 0 Å². The highest BCUT2D eigenvalue weighted by atomic mass is 16.5. The monoisotopic (exact) mass is 206 g/mol. The minimum absolute atomic E-state index is 0.299. The van der Waals surface area contributed by atoms with Crippen LogP contribution in [0.2, 0.25) is 0 Å². The van der Waals surface area contributed by atoms with Gasteiger partial charge in [-0.25, -0.2) is 4.79 Å². The van der Waals surface area contributed by atoms with Gasteiger partial charge in [0.2, 0.25) is 5.88 Å². The molecule has 2 aromatic rings. The van der Waals surface area contributed by atoms with Crippen LogP contribution >= 0.6 is 0 Å². The van der Waals surface area contributed by atoms with Crippen LogP contribution in [0.5, 0.6) is 11.6 Å². The van der Waals surface area contributed by atoms with Crippen molar-refractivity contribution in [3.8, 4) is 11.6 Å². The van der Waals surface area contributed by atoms with Gasteiger partial charge >= 0.3 is 5.69 Å². The van der Waals surface area contributed by atoms with Gasteiger partial charge in [-0.3, -0.25) is 0 Å². The molecule has 5 heteroatoms. The molecule has 1 aromatic carbocycles. The van der Waals surface area contributed by atoms with E-state index in [9.17, 15) is 4.79 Å². The van der Waals surface area contributed by atoms with E-state index in [4.69, 9.17) is 9.47 Å². The maximum Gasteiger partial charge on any atom is 0.348 e. The first-order valence-corrected chi connectivity index (χ1v) is 4.36. The number of benzene rings is 1. The van der Waals surface area contributed by atoms with Crippen molar-refractivity contribution in [1.29, 1.82) is 0 Å². The quantitative estimate of drug-likeness (QED) is 0.794. The topological polar surface area (TPSA) is 64.2 Å². The Labute approximate surface area is 85.7 Å². The van der Waals surface area contributed by atoms with Gasteiger partial charge in [-0.2, -0.15) is 4.98 Å². The zero-order chi connectivity index (χ0) is 10.8. The van der Waals surface area contributed by atoms with Crippen molar-refractivity contribution >= 4 is 10.9 Å². The third kappa shape index (κ3) is 1.63. The average Bonchev–Trinajstić information content (AvgIpc) is 2.27.